The molecule has 0 N–H and O–H groups in total. The molecule has 0 bridgehead atoms. The number of rotatable bonds is 3. The molecule has 1 heterocycles. The summed E-state index contributed by atoms with van der Waals surface area (Å²) in [6.07, 6.45) is 0. The van der Waals surface area contributed by atoms with Crippen LogP contribution in [-0.2, 0) is 5.75 Å². The molecule has 3 heteroatoms. The van der Waals surface area contributed by atoms with Crippen molar-refractivity contribution < 1.29 is 0 Å². The van der Waals surface area contributed by atoms with Crippen LogP contribution >= 0.6 is 33.8 Å². The Kier molecular flexibility index (Phi) is 3.56. The second-order valence-corrected chi connectivity index (χ2v) is 5.40. The molecule has 0 fully saturated rings. The second-order valence-electron chi connectivity index (χ2n) is 2.91. The Morgan fingerprint density at radius 2 is 1.86 bits per heavy atom. The van der Waals surface area contributed by atoms with Crippen LogP contribution in [0.4, 0.5) is 0 Å². The van der Waals surface area contributed by atoms with E-state index in [1.165, 1.54) is 15.3 Å². The van der Waals surface area contributed by atoms with Crippen molar-refractivity contribution in [3.8, 4) is 10.4 Å². The van der Waals surface area contributed by atoms with E-state index in [1.54, 1.807) is 10.8 Å². The molecule has 0 spiro atoms. The van der Waals surface area contributed by atoms with Gasteiger partial charge in [0.15, 0.2) is 0 Å². The molecular weight excluding hydrogens is 228 g/mol. The number of thiol groups is 1. The lowest BCUT2D eigenvalue weighted by molar-refractivity contribution is 1.57. The molecule has 0 nitrogen and oxygen atoms in total. The lowest BCUT2D eigenvalue weighted by Gasteiger charge is -1.94. The number of benzene rings is 1. The van der Waals surface area contributed by atoms with Crippen molar-refractivity contribution in [3.05, 3.63) is 47.3 Å². The summed E-state index contributed by atoms with van der Waals surface area (Å²) in [5.41, 5.74) is 1.30. The summed E-state index contributed by atoms with van der Waals surface area (Å²) < 4.78 is 0. The summed E-state index contributed by atoms with van der Waals surface area (Å²) in [4.78, 5) is 2.71. The predicted molar refractivity (Wildman–Crippen MR) is 70.0 cm³/mol. The van der Waals surface area contributed by atoms with Gasteiger partial charge in [0.25, 0.3) is 0 Å². The van der Waals surface area contributed by atoms with Crippen LogP contribution in [0.1, 0.15) is 4.88 Å². The van der Waals surface area contributed by atoms with Crippen molar-refractivity contribution in [2.75, 3.05) is 0 Å². The molecule has 2 rings (SSSR count). The van der Waals surface area contributed by atoms with E-state index in [0.29, 0.717) is 0 Å². The van der Waals surface area contributed by atoms with Crippen molar-refractivity contribution >= 4 is 33.8 Å². The first-order chi connectivity index (χ1) is 6.90. The van der Waals surface area contributed by atoms with Crippen LogP contribution in [0.3, 0.4) is 0 Å². The number of thiophene rings is 1. The highest BCUT2D eigenvalue weighted by molar-refractivity contribution is 8.68. The third-order valence-electron chi connectivity index (χ3n) is 1.93. The van der Waals surface area contributed by atoms with Gasteiger partial charge in [-0.3, -0.25) is 0 Å². The minimum absolute atomic E-state index is 0.987. The van der Waals surface area contributed by atoms with Gasteiger partial charge in [-0.2, -0.15) is 0 Å². The van der Waals surface area contributed by atoms with Crippen molar-refractivity contribution in [2.24, 2.45) is 0 Å². The third-order valence-corrected chi connectivity index (χ3v) is 4.07. The summed E-state index contributed by atoms with van der Waals surface area (Å²) in [7, 11) is 1.57. The largest absolute Gasteiger partial charge is 0.139 e. The van der Waals surface area contributed by atoms with E-state index in [4.69, 9.17) is 0 Å². The van der Waals surface area contributed by atoms with Crippen LogP contribution in [0.25, 0.3) is 10.4 Å². The van der Waals surface area contributed by atoms with Crippen LogP contribution in [0.15, 0.2) is 42.5 Å². The monoisotopic (exact) mass is 238 g/mol. The summed E-state index contributed by atoms with van der Waals surface area (Å²) in [6.45, 7) is 0. The molecule has 0 atom stereocenters. The Bertz CT molecular complexity index is 392. The van der Waals surface area contributed by atoms with Crippen LogP contribution < -0.4 is 0 Å². The Balaban J connectivity index is 2.25. The maximum Gasteiger partial charge on any atom is 0.0380 e. The van der Waals surface area contributed by atoms with Gasteiger partial charge in [0, 0.05) is 15.5 Å². The molecule has 0 saturated heterocycles. The normalized spacial score (nSPS) is 10.4. The molecule has 14 heavy (non-hydrogen) atoms. The van der Waals surface area contributed by atoms with Crippen LogP contribution in [0.5, 0.6) is 0 Å². The highest BCUT2D eigenvalue weighted by atomic mass is 33.1. The Morgan fingerprint density at radius 1 is 1.07 bits per heavy atom. The Labute approximate surface area is 97.2 Å². The molecule has 1 aromatic carbocycles. The zero-order valence-corrected chi connectivity index (χ0v) is 10.0. The zero-order chi connectivity index (χ0) is 9.80. The average molecular weight is 238 g/mol. The molecule has 0 radical (unpaired) electrons. The van der Waals surface area contributed by atoms with Gasteiger partial charge in [0.2, 0.25) is 0 Å². The quantitative estimate of drug-likeness (QED) is 0.607. The van der Waals surface area contributed by atoms with Gasteiger partial charge >= 0.3 is 0 Å². The van der Waals surface area contributed by atoms with Gasteiger partial charge < -0.3 is 0 Å². The van der Waals surface area contributed by atoms with Crippen molar-refractivity contribution in [2.45, 2.75) is 5.75 Å². The standard InChI is InChI=1S/C11H10S3/c12-13-8-10-6-7-11(14-10)9-4-2-1-3-5-9/h1-7,12H,8H2. The molecule has 0 aliphatic rings. The zero-order valence-electron chi connectivity index (χ0n) is 7.51. The molecule has 0 aliphatic carbocycles. The molecule has 0 saturated carbocycles. The van der Waals surface area contributed by atoms with E-state index in [0.717, 1.165) is 5.75 Å². The van der Waals surface area contributed by atoms with Crippen molar-refractivity contribution in [3.63, 3.8) is 0 Å². The fourth-order valence-corrected chi connectivity index (χ4v) is 3.40. The van der Waals surface area contributed by atoms with Gasteiger partial charge in [0.1, 0.15) is 0 Å². The molecule has 0 amide bonds. The highest BCUT2D eigenvalue weighted by Gasteiger charge is 2.01. The van der Waals surface area contributed by atoms with E-state index < -0.39 is 0 Å². The number of hydrogen-bond acceptors (Lipinski definition) is 3. The highest BCUT2D eigenvalue weighted by Crippen LogP contribution is 2.30. The van der Waals surface area contributed by atoms with Gasteiger partial charge in [-0.1, -0.05) is 41.1 Å². The fraction of sp³-hybridized carbons (Fsp3) is 0.0909. The molecule has 0 aliphatic heterocycles. The molecule has 72 valence electrons. The minimum atomic E-state index is 0.987. The topological polar surface area (TPSA) is 0 Å². The molecular formula is C11H10S3. The van der Waals surface area contributed by atoms with E-state index >= 15 is 0 Å². The van der Waals surface area contributed by atoms with E-state index in [9.17, 15) is 0 Å². The first-order valence-corrected chi connectivity index (χ1v) is 7.16. The molecule has 2 aromatic rings. The summed E-state index contributed by atoms with van der Waals surface area (Å²) in [6, 6.07) is 14.8. The van der Waals surface area contributed by atoms with Gasteiger partial charge in [-0.25, -0.2) is 0 Å². The van der Waals surface area contributed by atoms with Crippen LogP contribution in [-0.4, -0.2) is 0 Å². The Hall–Kier alpha value is -0.380. The van der Waals surface area contributed by atoms with E-state index in [-0.39, 0.29) is 0 Å². The third kappa shape index (κ3) is 2.35. The maximum absolute atomic E-state index is 4.15. The lowest BCUT2D eigenvalue weighted by atomic mass is 10.2. The Morgan fingerprint density at radius 3 is 2.57 bits per heavy atom. The summed E-state index contributed by atoms with van der Waals surface area (Å²) in [5, 5.41) is 0. The predicted octanol–water partition coefficient (Wildman–Crippen LogP) is 4.49. The smallest absolute Gasteiger partial charge is 0.0380 e. The lowest BCUT2D eigenvalue weighted by Crippen LogP contribution is -1.68. The van der Waals surface area contributed by atoms with Crippen molar-refractivity contribution in [1.82, 2.24) is 0 Å². The van der Waals surface area contributed by atoms with E-state index in [2.05, 4.69) is 48.1 Å². The van der Waals surface area contributed by atoms with E-state index in [1.807, 2.05) is 17.4 Å². The average Bonchev–Trinajstić information content (AvgIpc) is 2.68. The van der Waals surface area contributed by atoms with Crippen molar-refractivity contribution in [1.29, 1.82) is 0 Å². The first kappa shape index (κ1) is 10.1. The summed E-state index contributed by atoms with van der Waals surface area (Å²) >= 11 is 5.99. The second kappa shape index (κ2) is 4.91. The molecule has 0 unspecified atom stereocenters. The fourth-order valence-electron chi connectivity index (χ4n) is 1.28. The molecule has 1 aromatic heterocycles. The summed E-state index contributed by atoms with van der Waals surface area (Å²) in [5.74, 6) is 0.987. The maximum atomic E-state index is 4.15. The number of hydrogen-bond donors (Lipinski definition) is 1. The SMILES string of the molecule is SSCc1ccc(-c2ccccc2)s1. The van der Waals surface area contributed by atoms with Gasteiger partial charge in [0.05, 0.1) is 0 Å². The van der Waals surface area contributed by atoms with Crippen LogP contribution in [0, 0.1) is 0 Å². The van der Waals surface area contributed by atoms with Gasteiger partial charge in [-0.15, -0.1) is 23.0 Å². The first-order valence-electron chi connectivity index (χ1n) is 4.30. The minimum Gasteiger partial charge on any atom is -0.139 e. The van der Waals surface area contributed by atoms with Gasteiger partial charge in [-0.05, 0) is 17.7 Å². The van der Waals surface area contributed by atoms with Crippen LogP contribution in [0.2, 0.25) is 0 Å².